The molecule has 37 heavy (non-hydrogen) atoms. The molecule has 0 aliphatic rings. The minimum Gasteiger partial charge on any atom is -0.358 e. The van der Waals surface area contributed by atoms with Crippen molar-refractivity contribution in [3.8, 4) is 28.2 Å². The summed E-state index contributed by atoms with van der Waals surface area (Å²) < 4.78 is 2.01. The third-order valence-electron chi connectivity index (χ3n) is 6.23. The number of hydrogen-bond donors (Lipinski definition) is 3. The molecule has 3 N–H and O–H groups in total. The summed E-state index contributed by atoms with van der Waals surface area (Å²) in [5.41, 5.74) is 8.90. The molecule has 0 saturated heterocycles. The third-order valence-corrected chi connectivity index (χ3v) is 6.23. The number of hydrogen-bond acceptors (Lipinski definition) is 6. The van der Waals surface area contributed by atoms with E-state index in [4.69, 9.17) is 0 Å². The van der Waals surface area contributed by atoms with E-state index < -0.39 is 0 Å². The van der Waals surface area contributed by atoms with Crippen molar-refractivity contribution >= 4 is 27.8 Å². The Morgan fingerprint density at radius 2 is 1.92 bits per heavy atom. The van der Waals surface area contributed by atoms with Crippen LogP contribution in [0, 0.1) is 12.8 Å². The van der Waals surface area contributed by atoms with Gasteiger partial charge in [-0.15, -0.1) is 0 Å². The van der Waals surface area contributed by atoms with Crippen LogP contribution in [0.3, 0.4) is 0 Å². The van der Waals surface area contributed by atoms with Crippen LogP contribution in [-0.2, 0) is 0 Å². The minimum absolute atomic E-state index is 0.530. The van der Waals surface area contributed by atoms with Crippen LogP contribution in [0.15, 0.2) is 73.9 Å². The van der Waals surface area contributed by atoms with Crippen molar-refractivity contribution in [3.63, 3.8) is 0 Å². The molecule has 6 aromatic heterocycles. The molecular formula is C28H27N9. The van der Waals surface area contributed by atoms with Gasteiger partial charge in [-0.2, -0.15) is 5.10 Å². The van der Waals surface area contributed by atoms with Gasteiger partial charge in [0.25, 0.3) is 0 Å². The van der Waals surface area contributed by atoms with Crippen molar-refractivity contribution in [2.45, 2.75) is 27.2 Å². The van der Waals surface area contributed by atoms with Gasteiger partial charge < -0.3 is 14.9 Å². The first kappa shape index (κ1) is 22.7. The zero-order valence-corrected chi connectivity index (χ0v) is 20.9. The quantitative estimate of drug-likeness (QED) is 0.252. The predicted molar refractivity (Wildman–Crippen MR) is 146 cm³/mol. The molecule has 9 nitrogen and oxygen atoms in total. The van der Waals surface area contributed by atoms with Gasteiger partial charge in [-0.25, -0.2) is 15.0 Å². The Morgan fingerprint density at radius 3 is 2.73 bits per heavy atom. The number of imidazole rings is 1. The zero-order chi connectivity index (χ0) is 25.5. The van der Waals surface area contributed by atoms with Crippen LogP contribution in [0.4, 0.5) is 5.69 Å². The van der Waals surface area contributed by atoms with Crippen molar-refractivity contribution in [2.75, 3.05) is 5.32 Å². The lowest BCUT2D eigenvalue weighted by atomic mass is 10.1. The molecule has 0 amide bonds. The maximum Gasteiger partial charge on any atom is 0.181 e. The summed E-state index contributed by atoms with van der Waals surface area (Å²) in [6.45, 7) is 10.5. The van der Waals surface area contributed by atoms with E-state index in [-0.39, 0.29) is 0 Å². The summed E-state index contributed by atoms with van der Waals surface area (Å²) in [5.74, 6) is 0.530. The summed E-state index contributed by atoms with van der Waals surface area (Å²) in [7, 11) is 0. The highest BCUT2D eigenvalue weighted by molar-refractivity contribution is 5.97. The lowest BCUT2D eigenvalue weighted by molar-refractivity contribution is 0.645. The second-order valence-corrected chi connectivity index (χ2v) is 9.68. The molecule has 0 saturated carbocycles. The summed E-state index contributed by atoms with van der Waals surface area (Å²) >= 11 is 0. The van der Waals surface area contributed by atoms with E-state index in [1.165, 1.54) is 0 Å². The van der Waals surface area contributed by atoms with Gasteiger partial charge >= 0.3 is 0 Å². The summed E-state index contributed by atoms with van der Waals surface area (Å²) in [4.78, 5) is 21.4. The van der Waals surface area contributed by atoms with Crippen LogP contribution >= 0.6 is 0 Å². The molecule has 0 atom stereocenters. The second-order valence-electron chi connectivity index (χ2n) is 9.68. The van der Waals surface area contributed by atoms with Crippen LogP contribution in [0.2, 0.25) is 0 Å². The van der Waals surface area contributed by atoms with Crippen LogP contribution in [-0.4, -0.2) is 39.7 Å². The van der Waals surface area contributed by atoms with Crippen LogP contribution < -0.4 is 5.32 Å². The fraction of sp³-hybridized carbons (Fsp3) is 0.179. The molecule has 0 aliphatic carbocycles. The van der Waals surface area contributed by atoms with Crippen molar-refractivity contribution < 1.29 is 0 Å². The number of anilines is 1. The van der Waals surface area contributed by atoms with Crippen LogP contribution in [0.5, 0.6) is 0 Å². The Kier molecular flexibility index (Phi) is 5.52. The number of nitrogens with one attached hydrogen (secondary N) is 3. The maximum atomic E-state index is 4.61. The third kappa shape index (κ3) is 4.35. The van der Waals surface area contributed by atoms with Gasteiger partial charge in [-0.05, 0) is 43.5 Å². The first-order valence-corrected chi connectivity index (χ1v) is 12.2. The zero-order valence-electron chi connectivity index (χ0n) is 20.9. The Labute approximate surface area is 213 Å². The molecule has 0 radical (unpaired) electrons. The molecule has 0 aromatic carbocycles. The van der Waals surface area contributed by atoms with Crippen molar-refractivity contribution in [2.24, 2.45) is 5.92 Å². The first-order chi connectivity index (χ1) is 17.9. The highest BCUT2D eigenvalue weighted by atomic mass is 15.2. The van der Waals surface area contributed by atoms with E-state index in [2.05, 4.69) is 79.1 Å². The van der Waals surface area contributed by atoms with E-state index in [0.717, 1.165) is 68.1 Å². The number of pyridine rings is 3. The Balaban J connectivity index is 1.38. The van der Waals surface area contributed by atoms with Gasteiger partial charge in [0.1, 0.15) is 5.65 Å². The molecule has 0 aliphatic heterocycles. The first-order valence-electron chi connectivity index (χ1n) is 12.2. The highest BCUT2D eigenvalue weighted by Crippen LogP contribution is 2.32. The number of aromatic nitrogens is 8. The number of aryl methyl sites for hydroxylation is 1. The number of allylic oxidation sites excluding steroid dienone is 1. The van der Waals surface area contributed by atoms with E-state index in [1.807, 2.05) is 42.5 Å². The normalized spacial score (nSPS) is 11.6. The Morgan fingerprint density at radius 1 is 1.05 bits per heavy atom. The number of rotatable bonds is 7. The fourth-order valence-corrected chi connectivity index (χ4v) is 4.60. The molecule has 0 unspecified atom stereocenters. The van der Waals surface area contributed by atoms with E-state index in [0.29, 0.717) is 11.6 Å². The predicted octanol–water partition coefficient (Wildman–Crippen LogP) is 6.03. The molecular weight excluding hydrogens is 462 g/mol. The smallest absolute Gasteiger partial charge is 0.181 e. The fourth-order valence-electron chi connectivity index (χ4n) is 4.60. The highest BCUT2D eigenvalue weighted by Gasteiger charge is 2.15. The minimum atomic E-state index is 0.530. The lowest BCUT2D eigenvalue weighted by Gasteiger charge is -2.12. The maximum absolute atomic E-state index is 4.61. The standard InChI is InChI=1S/C28H27N9/c1-16(2)7-17(3)33-21-8-19(11-29-13-21)20-9-23-26(35-36-28(23)31-12-20)24-10-22-25(5-6-30-27(22)34-24)37-14-18(4)32-15-37/h5-6,8-16,33H,3,7H2,1-2,4H3,(H,30,34)(H,31,35,36). The lowest BCUT2D eigenvalue weighted by Crippen LogP contribution is -2.02. The number of fused-ring (bicyclic) bond motifs is 2. The van der Waals surface area contributed by atoms with Crippen molar-refractivity contribution in [3.05, 3.63) is 79.5 Å². The van der Waals surface area contributed by atoms with Crippen LogP contribution in [0.25, 0.3) is 50.3 Å². The van der Waals surface area contributed by atoms with Crippen LogP contribution in [0.1, 0.15) is 26.0 Å². The van der Waals surface area contributed by atoms with E-state index in [1.54, 1.807) is 12.4 Å². The largest absolute Gasteiger partial charge is 0.358 e. The van der Waals surface area contributed by atoms with E-state index >= 15 is 0 Å². The molecule has 6 heterocycles. The molecule has 0 fully saturated rings. The van der Waals surface area contributed by atoms with Gasteiger partial charge in [-0.3, -0.25) is 10.1 Å². The number of aromatic amines is 2. The van der Waals surface area contributed by atoms with E-state index in [9.17, 15) is 0 Å². The Hall–Kier alpha value is -4.79. The SMILES string of the molecule is C=C(CC(C)C)Nc1cncc(-c2cnc3n[nH]c(-c4cc5c(-n6cnc(C)c6)ccnc5[nH]4)c3c2)c1. The monoisotopic (exact) mass is 489 g/mol. The molecule has 0 bridgehead atoms. The second kappa shape index (κ2) is 9.02. The summed E-state index contributed by atoms with van der Waals surface area (Å²) in [5, 5.41) is 12.9. The number of nitrogens with zero attached hydrogens (tertiary/aromatic N) is 6. The van der Waals surface area contributed by atoms with Crippen molar-refractivity contribution in [1.29, 1.82) is 0 Å². The van der Waals surface area contributed by atoms with Gasteiger partial charge in [0.15, 0.2) is 5.65 Å². The average Bonchev–Trinajstić information content (AvgIpc) is 3.60. The molecule has 9 heteroatoms. The van der Waals surface area contributed by atoms with Crippen molar-refractivity contribution in [1.82, 2.24) is 39.7 Å². The van der Waals surface area contributed by atoms with Gasteiger partial charge in [-0.1, -0.05) is 20.4 Å². The Bertz CT molecular complexity index is 1750. The molecule has 184 valence electrons. The topological polar surface area (TPSA) is 113 Å². The average molecular weight is 490 g/mol. The van der Waals surface area contributed by atoms with Gasteiger partial charge in [0.05, 0.1) is 41.0 Å². The molecule has 6 rings (SSSR count). The summed E-state index contributed by atoms with van der Waals surface area (Å²) in [6, 6.07) is 8.21. The number of H-pyrrole nitrogens is 2. The summed E-state index contributed by atoms with van der Waals surface area (Å²) in [6.07, 6.45) is 12.0. The van der Waals surface area contributed by atoms with Gasteiger partial charge in [0, 0.05) is 52.4 Å². The molecule has 6 aromatic rings. The molecule has 0 spiro atoms. The van der Waals surface area contributed by atoms with Gasteiger partial charge in [0.2, 0.25) is 0 Å².